The molecule has 6 nitrogen and oxygen atoms in total. The van der Waals surface area contributed by atoms with Crippen LogP contribution in [0.3, 0.4) is 0 Å². The highest BCUT2D eigenvalue weighted by Gasteiger charge is 2.49. The first kappa shape index (κ1) is 29.3. The average Bonchev–Trinajstić information content (AvgIpc) is 2.67. The average molecular weight is 736 g/mol. The minimum absolute atomic E-state index is 0.0655. The van der Waals surface area contributed by atoms with E-state index in [1.165, 1.54) is 22.0 Å². The molecule has 0 unspecified atom stereocenters. The number of allylic oxidation sites excluding steroid dienone is 2. The molecule has 1 aromatic rings. The third-order valence-corrected chi connectivity index (χ3v) is 10.00. The van der Waals surface area contributed by atoms with Gasteiger partial charge in [0, 0.05) is 12.8 Å². The summed E-state index contributed by atoms with van der Waals surface area (Å²) in [4.78, 5) is 0. The molecule has 0 bridgehead atoms. The molecule has 182 valence electrons. The lowest BCUT2D eigenvalue weighted by atomic mass is 10.4. The van der Waals surface area contributed by atoms with Gasteiger partial charge in [0.25, 0.3) is 0 Å². The molecule has 0 aliphatic heterocycles. The van der Waals surface area contributed by atoms with Crippen molar-refractivity contribution >= 4 is 20.2 Å². The third-order valence-electron chi connectivity index (χ3n) is 3.11. The molecule has 0 spiro atoms. The van der Waals surface area contributed by atoms with Gasteiger partial charge in [-0.15, -0.1) is 0 Å². The highest BCUT2D eigenvalue weighted by atomic mass is 127. The molecular weight excluding hydrogens is 720 g/mol. The van der Waals surface area contributed by atoms with Crippen LogP contribution in [0.5, 0.6) is 0 Å². The van der Waals surface area contributed by atoms with Gasteiger partial charge in [-0.1, -0.05) is 13.8 Å². The van der Waals surface area contributed by atoms with Crippen molar-refractivity contribution in [2.45, 2.75) is 37.7 Å². The van der Waals surface area contributed by atoms with Crippen LogP contribution >= 0.6 is 0 Å². The van der Waals surface area contributed by atoms with E-state index in [1.54, 1.807) is 24.3 Å². The van der Waals surface area contributed by atoms with Gasteiger partial charge in [-0.05, 0) is 24.3 Å². The molecule has 0 saturated heterocycles. The number of alkyl halides is 6. The lowest BCUT2D eigenvalue weighted by molar-refractivity contribution is -0.564. The van der Waals surface area contributed by atoms with Crippen LogP contribution in [0.15, 0.2) is 43.9 Å². The molecule has 32 heavy (non-hydrogen) atoms. The predicted octanol–water partition coefficient (Wildman–Crippen LogP) is -1.56. The Labute approximate surface area is 201 Å². The maximum Gasteiger partial charge on any atom is 0.534 e. The SMILES string of the molecule is CC/C(=C\[I+]c1ccc([I+]/C=C(\CC)OS(=O)(=O)C(F)(F)F)cc1)OS(=O)(=O)C(F)(F)F. The van der Waals surface area contributed by atoms with E-state index in [1.807, 2.05) is 0 Å². The van der Waals surface area contributed by atoms with Crippen molar-refractivity contribution in [3.05, 3.63) is 51.1 Å². The molecule has 0 heterocycles. The van der Waals surface area contributed by atoms with Crippen molar-refractivity contribution < 1.29 is 94.0 Å². The summed E-state index contributed by atoms with van der Waals surface area (Å²) in [5.74, 6) is -0.657. The van der Waals surface area contributed by atoms with E-state index in [2.05, 4.69) is 8.37 Å². The van der Waals surface area contributed by atoms with Gasteiger partial charge in [0.2, 0.25) is 0 Å². The molecule has 0 fully saturated rings. The van der Waals surface area contributed by atoms with Gasteiger partial charge in [0.1, 0.15) is 0 Å². The van der Waals surface area contributed by atoms with E-state index in [0.717, 1.165) is 0 Å². The van der Waals surface area contributed by atoms with Crippen LogP contribution in [0.4, 0.5) is 26.3 Å². The van der Waals surface area contributed by atoms with Gasteiger partial charge >= 0.3 is 73.7 Å². The maximum atomic E-state index is 12.4. The minimum Gasteiger partial charge on any atom is -0.376 e. The number of hydrogen-bond donors (Lipinski definition) is 0. The van der Waals surface area contributed by atoms with Crippen LogP contribution in [0.1, 0.15) is 26.7 Å². The Bertz CT molecular complexity index is 961. The lowest BCUT2D eigenvalue weighted by Crippen LogP contribution is -3.59. The van der Waals surface area contributed by atoms with Crippen molar-refractivity contribution in [3.8, 4) is 0 Å². The zero-order valence-corrected chi connectivity index (χ0v) is 22.1. The summed E-state index contributed by atoms with van der Waals surface area (Å²) in [6.45, 7) is 2.88. The summed E-state index contributed by atoms with van der Waals surface area (Å²) in [7, 11) is -11.5. The molecule has 0 aliphatic rings. The quantitative estimate of drug-likeness (QED) is 0.0952. The normalized spacial score (nSPS) is 14.4. The number of benzene rings is 1. The fourth-order valence-electron chi connectivity index (χ4n) is 1.51. The van der Waals surface area contributed by atoms with Crippen LogP contribution < -0.4 is 42.4 Å². The van der Waals surface area contributed by atoms with Gasteiger partial charge in [-0.25, -0.2) is 0 Å². The monoisotopic (exact) mass is 736 g/mol. The summed E-state index contributed by atoms with van der Waals surface area (Å²) in [6.07, 6.45) is -0.131. The van der Waals surface area contributed by atoms with Gasteiger partial charge in [-0.2, -0.15) is 43.2 Å². The number of halogens is 8. The Balaban J connectivity index is 2.84. The summed E-state index contributed by atoms with van der Waals surface area (Å²) in [5, 5.41) is 0. The summed E-state index contributed by atoms with van der Waals surface area (Å²) in [6, 6.07) is 6.54. The van der Waals surface area contributed by atoms with Crippen LogP contribution in [0.2, 0.25) is 0 Å². The molecule has 0 radical (unpaired) electrons. The molecule has 0 amide bonds. The second kappa shape index (κ2) is 11.6. The Morgan fingerprint density at radius 2 is 1.03 bits per heavy atom. The molecule has 0 aliphatic carbocycles. The van der Waals surface area contributed by atoms with E-state index in [4.69, 9.17) is 0 Å². The Morgan fingerprint density at radius 3 is 1.25 bits per heavy atom. The first-order valence-electron chi connectivity index (χ1n) is 8.28. The second-order valence-electron chi connectivity index (χ2n) is 5.48. The molecule has 16 heteroatoms. The third kappa shape index (κ3) is 8.88. The van der Waals surface area contributed by atoms with E-state index in [-0.39, 0.29) is 24.4 Å². The van der Waals surface area contributed by atoms with Gasteiger partial charge in [0.15, 0.2) is 26.8 Å². The van der Waals surface area contributed by atoms with Crippen molar-refractivity contribution in [2.75, 3.05) is 0 Å². The fraction of sp³-hybridized carbons (Fsp3) is 0.375. The Hall–Kier alpha value is -0.760. The van der Waals surface area contributed by atoms with Crippen LogP contribution in [-0.4, -0.2) is 27.9 Å². The molecule has 0 saturated carbocycles. The summed E-state index contributed by atoms with van der Waals surface area (Å²) < 4.78 is 131. The van der Waals surface area contributed by atoms with Gasteiger partial charge < -0.3 is 8.37 Å². The fourth-order valence-corrected chi connectivity index (χ4v) is 7.04. The summed E-state index contributed by atoms with van der Waals surface area (Å²) in [5.41, 5.74) is -11.1. The first-order valence-corrected chi connectivity index (χ1v) is 15.8. The van der Waals surface area contributed by atoms with E-state index >= 15 is 0 Å². The second-order valence-corrected chi connectivity index (χ2v) is 13.5. The summed E-state index contributed by atoms with van der Waals surface area (Å²) >= 11 is -2.07. The van der Waals surface area contributed by atoms with Crippen LogP contribution in [0.25, 0.3) is 0 Å². The van der Waals surface area contributed by atoms with Crippen molar-refractivity contribution in [3.63, 3.8) is 0 Å². The molecule has 1 aromatic carbocycles. The number of rotatable bonds is 10. The topological polar surface area (TPSA) is 86.7 Å². The van der Waals surface area contributed by atoms with Crippen molar-refractivity contribution in [2.24, 2.45) is 0 Å². The van der Waals surface area contributed by atoms with Gasteiger partial charge in [-0.3, -0.25) is 0 Å². The molecular formula is C16H16F6I2O6S2+2. The minimum atomic E-state index is -5.74. The standard InChI is InChI=1S/C16H16F6I2O6S2/c1-3-13(29-31(25,26)15(17,18)19)9-23-11-5-7-12(8-6-11)24-10-14(4-2)30-32(27,28)16(20,21)22/h5-10H,3-4H2,1-2H3/q+2/b13-9+,14-10+. The zero-order chi connectivity index (χ0) is 24.8. The van der Waals surface area contributed by atoms with Crippen LogP contribution in [0, 0.1) is 7.14 Å². The van der Waals surface area contributed by atoms with Crippen molar-refractivity contribution in [1.29, 1.82) is 0 Å². The Morgan fingerprint density at radius 1 is 0.750 bits per heavy atom. The number of hydrogen-bond acceptors (Lipinski definition) is 6. The maximum absolute atomic E-state index is 12.4. The van der Waals surface area contributed by atoms with Gasteiger partial charge in [0.05, 0.1) is 0 Å². The van der Waals surface area contributed by atoms with Crippen LogP contribution in [-0.2, 0) is 28.6 Å². The molecule has 0 N–H and O–H groups in total. The van der Waals surface area contributed by atoms with E-state index in [9.17, 15) is 43.2 Å². The largest absolute Gasteiger partial charge is 0.534 e. The molecule has 0 aromatic heterocycles. The highest BCUT2D eigenvalue weighted by molar-refractivity contribution is 7.88. The Kier molecular flexibility index (Phi) is 10.6. The van der Waals surface area contributed by atoms with E-state index in [0.29, 0.717) is 7.14 Å². The smallest absolute Gasteiger partial charge is 0.376 e. The van der Waals surface area contributed by atoms with Crippen molar-refractivity contribution in [1.82, 2.24) is 0 Å². The lowest BCUT2D eigenvalue weighted by Gasteiger charge is -2.09. The molecule has 0 atom stereocenters. The first-order chi connectivity index (χ1) is 14.5. The predicted molar refractivity (Wildman–Crippen MR) is 92.7 cm³/mol. The van der Waals surface area contributed by atoms with E-state index < -0.39 is 73.7 Å². The zero-order valence-electron chi connectivity index (χ0n) is 16.2. The highest BCUT2D eigenvalue weighted by Crippen LogP contribution is 2.27. The molecule has 1 rings (SSSR count).